The fraction of sp³-hybridized carbons (Fsp3) is 0.500. The number of benzene rings is 2. The van der Waals surface area contributed by atoms with Crippen molar-refractivity contribution in [2.75, 3.05) is 57.5 Å². The maximum Gasteiger partial charge on any atom is 0.416 e. The van der Waals surface area contributed by atoms with Crippen molar-refractivity contribution >= 4 is 11.6 Å². The molecule has 0 spiro atoms. The molecular formula is C26H29F3N2O4. The van der Waals surface area contributed by atoms with Crippen molar-refractivity contribution in [1.29, 1.82) is 0 Å². The van der Waals surface area contributed by atoms with E-state index in [-0.39, 0.29) is 25.0 Å². The number of rotatable bonds is 4. The smallest absolute Gasteiger partial charge is 0.380 e. The number of hydrogen-bond donors (Lipinski definition) is 1. The van der Waals surface area contributed by atoms with E-state index in [1.165, 1.54) is 0 Å². The summed E-state index contributed by atoms with van der Waals surface area (Å²) in [6.45, 7) is 4.01. The van der Waals surface area contributed by atoms with Crippen LogP contribution in [0.4, 0.5) is 18.9 Å². The Balaban J connectivity index is 1.31. The van der Waals surface area contributed by atoms with Crippen LogP contribution in [0.3, 0.4) is 0 Å². The number of amides is 1. The van der Waals surface area contributed by atoms with Gasteiger partial charge < -0.3 is 24.4 Å². The van der Waals surface area contributed by atoms with Gasteiger partial charge in [-0.3, -0.25) is 4.79 Å². The number of carbonyl (C=O) groups excluding carboxylic acids is 1. The molecule has 0 unspecified atom stereocenters. The van der Waals surface area contributed by atoms with Gasteiger partial charge >= 0.3 is 6.18 Å². The number of aliphatic hydroxyl groups is 1. The van der Waals surface area contributed by atoms with Crippen molar-refractivity contribution in [2.45, 2.75) is 30.5 Å². The first-order chi connectivity index (χ1) is 16.7. The van der Waals surface area contributed by atoms with Crippen molar-refractivity contribution in [2.24, 2.45) is 0 Å². The van der Waals surface area contributed by atoms with E-state index in [4.69, 9.17) is 9.47 Å². The molecule has 188 valence electrons. The number of hydrogen-bond acceptors (Lipinski definition) is 5. The molecule has 5 rings (SSSR count). The minimum atomic E-state index is -4.34. The summed E-state index contributed by atoms with van der Waals surface area (Å²) in [7, 11) is 0. The molecule has 1 N–H and O–H groups in total. The average Bonchev–Trinajstić information content (AvgIpc) is 2.87. The van der Waals surface area contributed by atoms with E-state index in [0.29, 0.717) is 57.8 Å². The van der Waals surface area contributed by atoms with Crippen molar-refractivity contribution in [1.82, 2.24) is 4.90 Å². The second-order valence-electron chi connectivity index (χ2n) is 9.54. The fourth-order valence-corrected chi connectivity index (χ4v) is 5.06. The highest BCUT2D eigenvalue weighted by Crippen LogP contribution is 2.36. The fourth-order valence-electron chi connectivity index (χ4n) is 5.06. The van der Waals surface area contributed by atoms with Gasteiger partial charge in [-0.15, -0.1) is 0 Å². The third kappa shape index (κ3) is 4.90. The monoisotopic (exact) mass is 490 g/mol. The third-order valence-electron chi connectivity index (χ3n) is 7.29. The van der Waals surface area contributed by atoms with Crippen LogP contribution < -0.4 is 4.90 Å². The maximum atomic E-state index is 13.6. The van der Waals surface area contributed by atoms with Gasteiger partial charge in [0.2, 0.25) is 0 Å². The Morgan fingerprint density at radius 1 is 0.943 bits per heavy atom. The Kier molecular flexibility index (Phi) is 6.50. The van der Waals surface area contributed by atoms with Crippen LogP contribution in [0.25, 0.3) is 0 Å². The molecule has 0 saturated carbocycles. The summed E-state index contributed by atoms with van der Waals surface area (Å²) >= 11 is 0. The predicted octanol–water partition coefficient (Wildman–Crippen LogP) is 3.78. The van der Waals surface area contributed by atoms with Crippen molar-refractivity contribution in [3.05, 3.63) is 64.7 Å². The molecule has 3 heterocycles. The minimum Gasteiger partial charge on any atom is -0.380 e. The first kappa shape index (κ1) is 24.1. The Hall–Kier alpha value is -2.62. The average molecular weight is 491 g/mol. The number of carbonyl (C=O) groups is 1. The molecule has 6 nitrogen and oxygen atoms in total. The lowest BCUT2D eigenvalue weighted by atomic mass is 9.88. The zero-order valence-corrected chi connectivity index (χ0v) is 19.4. The van der Waals surface area contributed by atoms with Gasteiger partial charge in [0.25, 0.3) is 5.91 Å². The quantitative estimate of drug-likeness (QED) is 0.707. The van der Waals surface area contributed by atoms with Crippen LogP contribution in [0.5, 0.6) is 0 Å². The van der Waals surface area contributed by atoms with Crippen LogP contribution in [-0.4, -0.2) is 68.5 Å². The van der Waals surface area contributed by atoms with Gasteiger partial charge in [0, 0.05) is 26.2 Å². The summed E-state index contributed by atoms with van der Waals surface area (Å²) in [5.74, 6) is 0.0519. The lowest BCUT2D eigenvalue weighted by Crippen LogP contribution is -2.47. The molecule has 0 aliphatic carbocycles. The van der Waals surface area contributed by atoms with E-state index < -0.39 is 17.3 Å². The summed E-state index contributed by atoms with van der Waals surface area (Å²) in [4.78, 5) is 17.5. The standard InChI is InChI=1S/C26H29F3N2O4/c27-26(28,29)20-3-1-18(2-4-20)19-7-9-31(10-8-19)24(32)22-6-5-21(25(33)16-35-17-25)15-23(22)30-11-13-34-14-12-30/h1-6,15,19,33H,7-14,16-17H2. The van der Waals surface area contributed by atoms with Gasteiger partial charge in [-0.05, 0) is 54.2 Å². The lowest BCUT2D eigenvalue weighted by molar-refractivity contribution is -0.184. The number of likely N-dealkylation sites (tertiary alicyclic amines) is 1. The highest BCUT2D eigenvalue weighted by molar-refractivity contribution is 6.00. The summed E-state index contributed by atoms with van der Waals surface area (Å²) in [6.07, 6.45) is -2.96. The van der Waals surface area contributed by atoms with Crippen LogP contribution in [-0.2, 0) is 21.3 Å². The van der Waals surface area contributed by atoms with Crippen molar-refractivity contribution in [3.63, 3.8) is 0 Å². The topological polar surface area (TPSA) is 62.2 Å². The maximum absolute atomic E-state index is 13.6. The zero-order valence-electron chi connectivity index (χ0n) is 19.4. The Morgan fingerprint density at radius 2 is 1.60 bits per heavy atom. The van der Waals surface area contributed by atoms with Crippen LogP contribution in [0, 0.1) is 0 Å². The highest BCUT2D eigenvalue weighted by Gasteiger charge is 2.39. The lowest BCUT2D eigenvalue weighted by Gasteiger charge is -2.39. The minimum absolute atomic E-state index is 0.0687. The number of ether oxygens (including phenoxy) is 2. The van der Waals surface area contributed by atoms with Gasteiger partial charge in [-0.2, -0.15) is 13.2 Å². The van der Waals surface area contributed by atoms with E-state index in [1.54, 1.807) is 24.3 Å². The molecule has 2 aromatic rings. The molecule has 35 heavy (non-hydrogen) atoms. The molecule has 3 fully saturated rings. The molecule has 1 amide bonds. The first-order valence-electron chi connectivity index (χ1n) is 12.0. The Morgan fingerprint density at radius 3 is 2.17 bits per heavy atom. The SMILES string of the molecule is O=C(c1ccc(C2(O)COC2)cc1N1CCOCC1)N1CCC(c2ccc(C(F)(F)F)cc2)CC1. The second-order valence-corrected chi connectivity index (χ2v) is 9.54. The first-order valence-corrected chi connectivity index (χ1v) is 12.0. The molecule has 0 aromatic heterocycles. The number of alkyl halides is 3. The van der Waals surface area contributed by atoms with Crippen molar-refractivity contribution in [3.8, 4) is 0 Å². The van der Waals surface area contributed by atoms with Crippen LogP contribution in [0.2, 0.25) is 0 Å². The van der Waals surface area contributed by atoms with Crippen LogP contribution in [0.15, 0.2) is 42.5 Å². The molecule has 0 atom stereocenters. The number of piperidine rings is 1. The van der Waals surface area contributed by atoms with Crippen molar-refractivity contribution < 1.29 is 32.5 Å². The second kappa shape index (κ2) is 9.44. The van der Waals surface area contributed by atoms with E-state index in [9.17, 15) is 23.1 Å². The number of halogens is 3. The predicted molar refractivity (Wildman–Crippen MR) is 124 cm³/mol. The van der Waals surface area contributed by atoms with E-state index >= 15 is 0 Å². The summed E-state index contributed by atoms with van der Waals surface area (Å²) < 4.78 is 49.3. The van der Waals surface area contributed by atoms with E-state index in [2.05, 4.69) is 4.90 Å². The molecule has 2 aromatic carbocycles. The molecule has 9 heteroatoms. The third-order valence-corrected chi connectivity index (χ3v) is 7.29. The number of nitrogens with zero attached hydrogens (tertiary/aromatic N) is 2. The summed E-state index contributed by atoms with van der Waals surface area (Å²) in [5.41, 5.74) is 1.32. The number of anilines is 1. The molecular weight excluding hydrogens is 461 g/mol. The van der Waals surface area contributed by atoms with Crippen LogP contribution in [0.1, 0.15) is 45.8 Å². The van der Waals surface area contributed by atoms with Gasteiger partial charge in [0.1, 0.15) is 5.60 Å². The molecule has 0 bridgehead atoms. The molecule has 3 saturated heterocycles. The summed E-state index contributed by atoms with van der Waals surface area (Å²) in [5, 5.41) is 10.8. The van der Waals surface area contributed by atoms with Gasteiger partial charge in [-0.1, -0.05) is 18.2 Å². The number of morpholine rings is 1. The molecule has 3 aliphatic heterocycles. The van der Waals surface area contributed by atoms with E-state index in [0.717, 1.165) is 28.9 Å². The van der Waals surface area contributed by atoms with Crippen LogP contribution >= 0.6 is 0 Å². The Bertz CT molecular complexity index is 1060. The van der Waals surface area contributed by atoms with Gasteiger partial charge in [0.05, 0.1) is 43.2 Å². The van der Waals surface area contributed by atoms with Gasteiger partial charge in [-0.25, -0.2) is 0 Å². The summed E-state index contributed by atoms with van der Waals surface area (Å²) in [6, 6.07) is 10.9. The highest BCUT2D eigenvalue weighted by atomic mass is 19.4. The Labute approximate surface area is 202 Å². The molecule has 3 aliphatic rings. The van der Waals surface area contributed by atoms with E-state index in [1.807, 2.05) is 11.0 Å². The molecule has 0 radical (unpaired) electrons. The zero-order chi connectivity index (χ0) is 24.6. The largest absolute Gasteiger partial charge is 0.416 e. The normalized spacial score (nSPS) is 21.0. The van der Waals surface area contributed by atoms with Gasteiger partial charge in [0.15, 0.2) is 0 Å².